The van der Waals surface area contributed by atoms with Gasteiger partial charge in [-0.3, -0.25) is 0 Å². The highest BCUT2D eigenvalue weighted by Gasteiger charge is 2.39. The monoisotopic (exact) mass is 381 g/mol. The van der Waals surface area contributed by atoms with Crippen molar-refractivity contribution < 1.29 is 27.0 Å². The van der Waals surface area contributed by atoms with Crippen molar-refractivity contribution in [2.75, 3.05) is 27.3 Å². The van der Waals surface area contributed by atoms with Gasteiger partial charge in [0.05, 0.1) is 33.4 Å². The van der Waals surface area contributed by atoms with Gasteiger partial charge in [-0.2, -0.15) is 4.31 Å². The molecule has 2 aromatic rings. The molecule has 9 heteroatoms. The third-order valence-electron chi connectivity index (χ3n) is 3.97. The minimum Gasteiger partial charge on any atom is -0.497 e. The molecule has 8 nitrogen and oxygen atoms in total. The molecule has 0 spiro atoms. The number of methoxy groups -OCH3 is 2. The summed E-state index contributed by atoms with van der Waals surface area (Å²) in [6.45, 7) is 1.98. The molecule has 1 aromatic heterocycles. The van der Waals surface area contributed by atoms with E-state index < -0.39 is 15.6 Å². The lowest BCUT2D eigenvalue weighted by Gasteiger charge is -2.37. The minimum absolute atomic E-state index is 0.0361. The van der Waals surface area contributed by atoms with E-state index in [9.17, 15) is 13.2 Å². The van der Waals surface area contributed by atoms with Crippen LogP contribution in [-0.2, 0) is 10.0 Å². The Hall–Kier alpha value is -2.52. The summed E-state index contributed by atoms with van der Waals surface area (Å²) < 4.78 is 47.7. The zero-order valence-electron chi connectivity index (χ0n) is 14.6. The van der Waals surface area contributed by atoms with Crippen LogP contribution >= 0.6 is 0 Å². The van der Waals surface area contributed by atoms with Gasteiger partial charge in [0.1, 0.15) is 34.0 Å². The summed E-state index contributed by atoms with van der Waals surface area (Å²) in [6.07, 6.45) is -0.345. The molecule has 1 aromatic carbocycles. The summed E-state index contributed by atoms with van der Waals surface area (Å²) in [6, 6.07) is 7.42. The third-order valence-corrected chi connectivity index (χ3v) is 5.83. The summed E-state index contributed by atoms with van der Waals surface area (Å²) >= 11 is 0. The standard InChI is InChI=1S/C17H19NO7S/c1-11-6-13(8-17(19)24-11)25-14-9-18(10-14)26(20,21)16-7-12(22-2)4-5-15(16)23-3/h4-8,14H,9-10H2,1-3H3. The normalized spacial score (nSPS) is 15.3. The summed E-state index contributed by atoms with van der Waals surface area (Å²) in [5.74, 6) is 1.45. The number of nitrogens with zero attached hydrogens (tertiary/aromatic N) is 1. The summed E-state index contributed by atoms with van der Waals surface area (Å²) in [7, 11) is -0.880. The second kappa shape index (κ2) is 7.00. The van der Waals surface area contributed by atoms with Gasteiger partial charge >= 0.3 is 5.63 Å². The van der Waals surface area contributed by atoms with Crippen LogP contribution in [0.3, 0.4) is 0 Å². The van der Waals surface area contributed by atoms with Gasteiger partial charge in [0.25, 0.3) is 0 Å². The Balaban J connectivity index is 1.74. The summed E-state index contributed by atoms with van der Waals surface area (Å²) in [4.78, 5) is 11.4. The molecule has 26 heavy (non-hydrogen) atoms. The van der Waals surface area contributed by atoms with Gasteiger partial charge in [-0.25, -0.2) is 13.2 Å². The first-order valence-electron chi connectivity index (χ1n) is 7.84. The maximum absolute atomic E-state index is 12.8. The highest BCUT2D eigenvalue weighted by atomic mass is 32.2. The van der Waals surface area contributed by atoms with Gasteiger partial charge in [0, 0.05) is 12.1 Å². The minimum atomic E-state index is -3.75. The van der Waals surface area contributed by atoms with Crippen LogP contribution in [0.1, 0.15) is 5.76 Å². The lowest BCUT2D eigenvalue weighted by molar-refractivity contribution is 0.0753. The number of benzene rings is 1. The number of ether oxygens (including phenoxy) is 3. The molecule has 140 valence electrons. The van der Waals surface area contributed by atoms with Gasteiger partial charge in [0.15, 0.2) is 0 Å². The van der Waals surface area contributed by atoms with Gasteiger partial charge < -0.3 is 18.6 Å². The Bertz CT molecular complexity index is 961. The first-order valence-corrected chi connectivity index (χ1v) is 9.28. The van der Waals surface area contributed by atoms with Gasteiger partial charge in [-0.1, -0.05) is 0 Å². The molecule has 1 aliphatic rings. The van der Waals surface area contributed by atoms with E-state index in [-0.39, 0.29) is 29.8 Å². The first-order chi connectivity index (χ1) is 12.3. The van der Waals surface area contributed by atoms with E-state index in [0.29, 0.717) is 17.3 Å². The molecule has 0 aliphatic carbocycles. The maximum Gasteiger partial charge on any atom is 0.339 e. The average molecular weight is 381 g/mol. The Morgan fingerprint density at radius 1 is 1.08 bits per heavy atom. The fourth-order valence-corrected chi connectivity index (χ4v) is 4.31. The SMILES string of the molecule is COc1ccc(OC)c(S(=O)(=O)N2CC(Oc3cc(C)oc(=O)c3)C2)c1. The largest absolute Gasteiger partial charge is 0.497 e. The molecule has 0 atom stereocenters. The zero-order chi connectivity index (χ0) is 18.9. The predicted molar refractivity (Wildman–Crippen MR) is 92.4 cm³/mol. The number of aryl methyl sites for hydroxylation is 1. The van der Waals surface area contributed by atoms with E-state index in [1.807, 2.05) is 0 Å². The predicted octanol–water partition coefficient (Wildman–Crippen LogP) is 1.42. The molecule has 1 fully saturated rings. The highest BCUT2D eigenvalue weighted by molar-refractivity contribution is 7.89. The summed E-state index contributed by atoms with van der Waals surface area (Å²) in [5.41, 5.74) is -0.509. The number of hydrogen-bond acceptors (Lipinski definition) is 7. The molecule has 0 bridgehead atoms. The second-order valence-electron chi connectivity index (χ2n) is 5.80. The maximum atomic E-state index is 12.8. The van der Waals surface area contributed by atoms with Crippen molar-refractivity contribution in [1.82, 2.24) is 4.31 Å². The van der Waals surface area contributed by atoms with Crippen molar-refractivity contribution in [3.63, 3.8) is 0 Å². The van der Waals surface area contributed by atoms with Crippen molar-refractivity contribution in [1.29, 1.82) is 0 Å². The fraction of sp³-hybridized carbons (Fsp3) is 0.353. The van der Waals surface area contributed by atoms with Crippen LogP contribution in [0.15, 0.2) is 44.4 Å². The van der Waals surface area contributed by atoms with Crippen LogP contribution in [0.25, 0.3) is 0 Å². The van der Waals surface area contributed by atoms with Crippen LogP contribution in [0.2, 0.25) is 0 Å². The number of rotatable bonds is 6. The molecule has 0 saturated carbocycles. The van der Waals surface area contributed by atoms with Crippen molar-refractivity contribution in [3.8, 4) is 17.2 Å². The van der Waals surface area contributed by atoms with Gasteiger partial charge in [-0.05, 0) is 19.1 Å². The zero-order valence-corrected chi connectivity index (χ0v) is 15.4. The van der Waals surface area contributed by atoms with Crippen molar-refractivity contribution in [2.24, 2.45) is 0 Å². The van der Waals surface area contributed by atoms with Crippen LogP contribution in [0, 0.1) is 6.92 Å². The van der Waals surface area contributed by atoms with Crippen molar-refractivity contribution in [3.05, 3.63) is 46.5 Å². The van der Waals surface area contributed by atoms with E-state index >= 15 is 0 Å². The summed E-state index contributed by atoms with van der Waals surface area (Å²) in [5, 5.41) is 0. The molecule has 3 rings (SSSR count). The quantitative estimate of drug-likeness (QED) is 0.747. The van der Waals surface area contributed by atoms with Crippen LogP contribution in [-0.4, -0.2) is 46.1 Å². The van der Waals surface area contributed by atoms with Crippen LogP contribution < -0.4 is 19.8 Å². The average Bonchev–Trinajstić information content (AvgIpc) is 2.56. The number of hydrogen-bond donors (Lipinski definition) is 0. The highest BCUT2D eigenvalue weighted by Crippen LogP contribution is 2.33. The van der Waals surface area contributed by atoms with E-state index in [2.05, 4.69) is 0 Å². The molecule has 0 amide bonds. The topological polar surface area (TPSA) is 95.3 Å². The molecular formula is C17H19NO7S. The smallest absolute Gasteiger partial charge is 0.339 e. The molecule has 1 aliphatic heterocycles. The molecule has 1 saturated heterocycles. The van der Waals surface area contributed by atoms with E-state index in [0.717, 1.165) is 0 Å². The first kappa shape index (κ1) is 18.3. The Kier molecular flexibility index (Phi) is 4.92. The van der Waals surface area contributed by atoms with Crippen molar-refractivity contribution >= 4 is 10.0 Å². The van der Waals surface area contributed by atoms with Crippen molar-refractivity contribution in [2.45, 2.75) is 17.9 Å². The van der Waals surface area contributed by atoms with Crippen LogP contribution in [0.5, 0.6) is 17.2 Å². The van der Waals surface area contributed by atoms with Crippen LogP contribution in [0.4, 0.5) is 0 Å². The molecule has 0 unspecified atom stereocenters. The lowest BCUT2D eigenvalue weighted by atomic mass is 10.2. The molecule has 2 heterocycles. The Morgan fingerprint density at radius 2 is 1.81 bits per heavy atom. The Morgan fingerprint density at radius 3 is 2.42 bits per heavy atom. The van der Waals surface area contributed by atoms with Gasteiger partial charge in [0.2, 0.25) is 10.0 Å². The molecular weight excluding hydrogens is 362 g/mol. The number of sulfonamides is 1. The fourth-order valence-electron chi connectivity index (χ4n) is 2.63. The molecule has 0 radical (unpaired) electrons. The Labute approximate surface area is 150 Å². The molecule has 0 N–H and O–H groups in total. The second-order valence-corrected chi connectivity index (χ2v) is 7.71. The van der Waals surface area contributed by atoms with E-state index in [4.69, 9.17) is 18.6 Å². The lowest BCUT2D eigenvalue weighted by Crippen LogP contribution is -2.56. The van der Waals surface area contributed by atoms with E-state index in [1.165, 1.54) is 30.7 Å². The third kappa shape index (κ3) is 3.54. The van der Waals surface area contributed by atoms with Gasteiger partial charge in [-0.15, -0.1) is 0 Å². The van der Waals surface area contributed by atoms with E-state index in [1.54, 1.807) is 25.1 Å².